The summed E-state index contributed by atoms with van der Waals surface area (Å²) in [6.45, 7) is 4.32. The molecule has 1 rings (SSSR count). The van der Waals surface area contributed by atoms with Crippen molar-refractivity contribution in [2.45, 2.75) is 45.6 Å². The van der Waals surface area contributed by atoms with Gasteiger partial charge in [-0.15, -0.1) is 0 Å². The average molecular weight is 248 g/mol. The van der Waals surface area contributed by atoms with Gasteiger partial charge in [-0.05, 0) is 25.5 Å². The van der Waals surface area contributed by atoms with Crippen LogP contribution in [0.2, 0.25) is 0 Å². The molecule has 1 unspecified atom stereocenters. The molecule has 0 saturated heterocycles. The van der Waals surface area contributed by atoms with Crippen LogP contribution in [-0.2, 0) is 0 Å². The Kier molecular flexibility index (Phi) is 6.87. The van der Waals surface area contributed by atoms with E-state index in [4.69, 9.17) is 5.84 Å². The van der Waals surface area contributed by atoms with Crippen LogP contribution in [0.3, 0.4) is 0 Å². The lowest BCUT2D eigenvalue weighted by Crippen LogP contribution is -2.37. The van der Waals surface area contributed by atoms with Crippen molar-refractivity contribution in [1.82, 2.24) is 5.43 Å². The first kappa shape index (κ1) is 14.5. The van der Waals surface area contributed by atoms with E-state index >= 15 is 0 Å². The molecule has 18 heavy (non-hydrogen) atoms. The van der Waals surface area contributed by atoms with E-state index in [-0.39, 0.29) is 6.04 Å². The van der Waals surface area contributed by atoms with Crippen LogP contribution in [0.15, 0.2) is 35.3 Å². The first-order chi connectivity index (χ1) is 8.76. The Morgan fingerprint density at radius 3 is 2.61 bits per heavy atom. The predicted molar refractivity (Wildman–Crippen MR) is 78.4 cm³/mol. The number of hydrogen-bond acceptors (Lipinski definition) is 2. The number of benzene rings is 1. The molecular weight excluding hydrogens is 224 g/mol. The lowest BCUT2D eigenvalue weighted by molar-refractivity contribution is 0.591. The number of anilines is 1. The van der Waals surface area contributed by atoms with Gasteiger partial charge in [0.05, 0.1) is 6.04 Å². The summed E-state index contributed by atoms with van der Waals surface area (Å²) in [6, 6.07) is 10.2. The van der Waals surface area contributed by atoms with Crippen molar-refractivity contribution in [3.63, 3.8) is 0 Å². The number of hydrazine groups is 1. The molecule has 0 heterocycles. The molecule has 1 aromatic carbocycles. The predicted octanol–water partition coefficient (Wildman–Crippen LogP) is 2.89. The molecule has 0 fully saturated rings. The standard InChI is InChI=1S/C14H24N4/c1-3-4-6-9-12(2)16-14(18-15)17-13-10-7-5-8-11-13/h5,7-8,10-12H,3-4,6,9,15H2,1-2H3,(H2,16,17,18). The number of rotatable bonds is 6. The molecule has 0 aromatic heterocycles. The SMILES string of the molecule is CCCCCC(C)N=C(NN)Nc1ccccc1. The van der Waals surface area contributed by atoms with Crippen molar-refractivity contribution >= 4 is 11.6 Å². The second-order valence-corrected chi connectivity index (χ2v) is 4.46. The van der Waals surface area contributed by atoms with Gasteiger partial charge in [0.15, 0.2) is 0 Å². The first-order valence-electron chi connectivity index (χ1n) is 6.62. The molecule has 4 N–H and O–H groups in total. The summed E-state index contributed by atoms with van der Waals surface area (Å²) in [7, 11) is 0. The maximum absolute atomic E-state index is 5.48. The highest BCUT2D eigenvalue weighted by molar-refractivity contribution is 5.93. The van der Waals surface area contributed by atoms with Gasteiger partial charge in [-0.2, -0.15) is 0 Å². The van der Waals surface area contributed by atoms with E-state index in [1.54, 1.807) is 0 Å². The van der Waals surface area contributed by atoms with Gasteiger partial charge in [-0.3, -0.25) is 5.43 Å². The minimum atomic E-state index is 0.277. The number of nitrogens with two attached hydrogens (primary N) is 1. The Morgan fingerprint density at radius 1 is 1.28 bits per heavy atom. The van der Waals surface area contributed by atoms with E-state index in [1.807, 2.05) is 30.3 Å². The second-order valence-electron chi connectivity index (χ2n) is 4.46. The third-order valence-electron chi connectivity index (χ3n) is 2.75. The van der Waals surface area contributed by atoms with Crippen LogP contribution in [0.1, 0.15) is 39.5 Å². The monoisotopic (exact) mass is 248 g/mol. The van der Waals surface area contributed by atoms with E-state index in [9.17, 15) is 0 Å². The van der Waals surface area contributed by atoms with Crippen molar-refractivity contribution < 1.29 is 0 Å². The van der Waals surface area contributed by atoms with Crippen LogP contribution < -0.4 is 16.6 Å². The molecule has 0 aliphatic heterocycles. The number of para-hydroxylation sites is 1. The van der Waals surface area contributed by atoms with Crippen LogP contribution in [0, 0.1) is 0 Å². The molecule has 1 aromatic rings. The van der Waals surface area contributed by atoms with Gasteiger partial charge >= 0.3 is 0 Å². The fourth-order valence-electron chi connectivity index (χ4n) is 1.74. The zero-order chi connectivity index (χ0) is 13.2. The van der Waals surface area contributed by atoms with E-state index < -0.39 is 0 Å². The highest BCUT2D eigenvalue weighted by atomic mass is 15.3. The topological polar surface area (TPSA) is 62.4 Å². The lowest BCUT2D eigenvalue weighted by Gasteiger charge is -2.12. The minimum absolute atomic E-state index is 0.277. The molecule has 0 radical (unpaired) electrons. The summed E-state index contributed by atoms with van der Waals surface area (Å²) in [4.78, 5) is 4.53. The smallest absolute Gasteiger partial charge is 0.210 e. The summed E-state index contributed by atoms with van der Waals surface area (Å²) in [5.41, 5.74) is 3.59. The van der Waals surface area contributed by atoms with Crippen LogP contribution in [0.25, 0.3) is 0 Å². The highest BCUT2D eigenvalue weighted by Crippen LogP contribution is 2.08. The molecule has 100 valence electrons. The van der Waals surface area contributed by atoms with Crippen molar-refractivity contribution in [2.24, 2.45) is 10.8 Å². The summed E-state index contributed by atoms with van der Waals surface area (Å²) in [5.74, 6) is 6.10. The normalized spacial score (nSPS) is 13.2. The Bertz CT molecular complexity index is 348. The second kappa shape index (κ2) is 8.53. The Morgan fingerprint density at radius 2 is 2.00 bits per heavy atom. The average Bonchev–Trinajstić information content (AvgIpc) is 2.39. The van der Waals surface area contributed by atoms with Crippen LogP contribution in [0.4, 0.5) is 5.69 Å². The van der Waals surface area contributed by atoms with Gasteiger partial charge in [0.2, 0.25) is 5.96 Å². The van der Waals surface area contributed by atoms with Crippen molar-refractivity contribution in [2.75, 3.05) is 5.32 Å². The van der Waals surface area contributed by atoms with Crippen molar-refractivity contribution in [3.8, 4) is 0 Å². The molecule has 0 bridgehead atoms. The van der Waals surface area contributed by atoms with E-state index in [0.29, 0.717) is 5.96 Å². The number of hydrogen-bond donors (Lipinski definition) is 3. The van der Waals surface area contributed by atoms with Gasteiger partial charge in [0.25, 0.3) is 0 Å². The molecule has 4 nitrogen and oxygen atoms in total. The molecule has 1 atom stereocenters. The Labute approximate surface area is 110 Å². The molecule has 0 amide bonds. The highest BCUT2D eigenvalue weighted by Gasteiger charge is 2.02. The van der Waals surface area contributed by atoms with Gasteiger partial charge < -0.3 is 5.32 Å². The summed E-state index contributed by atoms with van der Waals surface area (Å²) < 4.78 is 0. The Hall–Kier alpha value is -1.55. The molecule has 0 aliphatic carbocycles. The summed E-state index contributed by atoms with van der Waals surface area (Å²) in [5, 5.41) is 3.16. The first-order valence-corrected chi connectivity index (χ1v) is 6.62. The largest absolute Gasteiger partial charge is 0.325 e. The Balaban J connectivity index is 2.49. The van der Waals surface area contributed by atoms with Crippen molar-refractivity contribution in [1.29, 1.82) is 0 Å². The van der Waals surface area contributed by atoms with Crippen molar-refractivity contribution in [3.05, 3.63) is 30.3 Å². The van der Waals surface area contributed by atoms with Gasteiger partial charge in [-0.25, -0.2) is 10.8 Å². The summed E-state index contributed by atoms with van der Waals surface area (Å²) >= 11 is 0. The maximum Gasteiger partial charge on any atom is 0.210 e. The molecule has 0 aliphatic rings. The van der Waals surface area contributed by atoms with E-state index in [1.165, 1.54) is 19.3 Å². The minimum Gasteiger partial charge on any atom is -0.325 e. The van der Waals surface area contributed by atoms with Gasteiger partial charge in [0, 0.05) is 5.69 Å². The zero-order valence-electron chi connectivity index (χ0n) is 11.3. The third-order valence-corrected chi connectivity index (χ3v) is 2.75. The maximum atomic E-state index is 5.48. The molecule has 4 heteroatoms. The molecule has 0 spiro atoms. The number of nitrogens with zero attached hydrogens (tertiary/aromatic N) is 1. The van der Waals surface area contributed by atoms with Crippen LogP contribution >= 0.6 is 0 Å². The number of guanidine groups is 1. The van der Waals surface area contributed by atoms with Crippen LogP contribution in [0.5, 0.6) is 0 Å². The quantitative estimate of drug-likeness (QED) is 0.238. The number of nitrogens with one attached hydrogen (secondary N) is 2. The lowest BCUT2D eigenvalue weighted by atomic mass is 10.1. The third kappa shape index (κ3) is 5.68. The van der Waals surface area contributed by atoms with E-state index in [2.05, 4.69) is 29.6 Å². The van der Waals surface area contributed by atoms with Crippen LogP contribution in [-0.4, -0.2) is 12.0 Å². The molecule has 0 saturated carbocycles. The zero-order valence-corrected chi connectivity index (χ0v) is 11.3. The number of aliphatic imine (C=N–C) groups is 1. The molecular formula is C14H24N4. The number of unbranched alkanes of at least 4 members (excludes halogenated alkanes) is 2. The van der Waals surface area contributed by atoms with Gasteiger partial charge in [0.1, 0.15) is 0 Å². The van der Waals surface area contributed by atoms with Gasteiger partial charge in [-0.1, -0.05) is 44.4 Å². The fourth-order valence-corrected chi connectivity index (χ4v) is 1.74. The summed E-state index contributed by atoms with van der Waals surface area (Å²) in [6.07, 6.45) is 4.80. The van der Waals surface area contributed by atoms with E-state index in [0.717, 1.165) is 12.1 Å². The fraction of sp³-hybridized carbons (Fsp3) is 0.500.